The van der Waals surface area contributed by atoms with Crippen molar-refractivity contribution in [2.24, 2.45) is 0 Å². The zero-order valence-corrected chi connectivity index (χ0v) is 14.0. The van der Waals surface area contributed by atoms with Crippen molar-refractivity contribution in [3.05, 3.63) is 54.0 Å². The Morgan fingerprint density at radius 3 is 2.69 bits per heavy atom. The number of nitrogens with one attached hydrogen (secondary N) is 1. The number of rotatable bonds is 3. The number of likely N-dealkylation sites (N-methyl/N-ethyl adjacent to an activating group) is 1. The second-order valence-corrected chi connectivity index (χ2v) is 6.37. The van der Waals surface area contributed by atoms with Crippen LogP contribution in [0.2, 0.25) is 0 Å². The summed E-state index contributed by atoms with van der Waals surface area (Å²) in [5.41, 5.74) is 0.132. The van der Waals surface area contributed by atoms with E-state index in [2.05, 4.69) is 25.3 Å². The molecule has 3 aromatic rings. The van der Waals surface area contributed by atoms with Crippen molar-refractivity contribution in [2.45, 2.75) is 24.7 Å². The summed E-state index contributed by atoms with van der Waals surface area (Å²) >= 11 is 0. The van der Waals surface area contributed by atoms with Crippen LogP contribution in [-0.2, 0) is 6.18 Å². The molecule has 0 aliphatic carbocycles. The lowest BCUT2D eigenvalue weighted by Gasteiger charge is -2.27. The number of alkyl halides is 3. The molecule has 0 radical (unpaired) electrons. The number of fused-ring (bicyclic) bond motifs is 1. The van der Waals surface area contributed by atoms with Crippen molar-refractivity contribution >= 4 is 11.6 Å². The first-order valence-electron chi connectivity index (χ1n) is 8.23. The molecule has 136 valence electrons. The Labute approximate surface area is 147 Å². The van der Waals surface area contributed by atoms with E-state index in [-0.39, 0.29) is 23.7 Å². The zero-order chi connectivity index (χ0) is 18.3. The minimum absolute atomic E-state index is 0.0530. The molecule has 3 heterocycles. The van der Waals surface area contributed by atoms with Gasteiger partial charge in [-0.2, -0.15) is 27.8 Å². The molecule has 1 aliphatic rings. The fourth-order valence-corrected chi connectivity index (χ4v) is 3.49. The number of nitrogens with zero attached hydrogens (tertiary/aromatic N) is 5. The van der Waals surface area contributed by atoms with Crippen molar-refractivity contribution in [1.29, 1.82) is 0 Å². The van der Waals surface area contributed by atoms with Gasteiger partial charge in [0.25, 0.3) is 5.78 Å². The number of anilines is 1. The minimum Gasteiger partial charge on any atom is -0.365 e. The monoisotopic (exact) mass is 362 g/mol. The maximum absolute atomic E-state index is 13.2. The second kappa shape index (κ2) is 6.24. The number of likely N-dealkylation sites (tertiary alicyclic amines) is 1. The van der Waals surface area contributed by atoms with E-state index < -0.39 is 11.9 Å². The van der Waals surface area contributed by atoms with Crippen LogP contribution in [0.4, 0.5) is 19.0 Å². The van der Waals surface area contributed by atoms with Gasteiger partial charge in [-0.15, -0.1) is 0 Å². The van der Waals surface area contributed by atoms with Gasteiger partial charge in [-0.3, -0.25) is 4.90 Å². The molecule has 4 rings (SSSR count). The highest BCUT2D eigenvalue weighted by Gasteiger charge is 2.36. The van der Waals surface area contributed by atoms with Crippen molar-refractivity contribution in [3.8, 4) is 0 Å². The molecule has 0 amide bonds. The molecule has 26 heavy (non-hydrogen) atoms. The highest BCUT2D eigenvalue weighted by Crippen LogP contribution is 2.34. The van der Waals surface area contributed by atoms with Crippen molar-refractivity contribution in [1.82, 2.24) is 24.5 Å². The zero-order valence-electron chi connectivity index (χ0n) is 14.0. The van der Waals surface area contributed by atoms with Crippen LogP contribution in [0.1, 0.15) is 23.7 Å². The van der Waals surface area contributed by atoms with Crippen LogP contribution in [-0.4, -0.2) is 44.1 Å². The Hall–Kier alpha value is -2.68. The molecule has 2 aromatic heterocycles. The molecule has 1 fully saturated rings. The van der Waals surface area contributed by atoms with Gasteiger partial charge in [0.1, 0.15) is 12.1 Å². The van der Waals surface area contributed by atoms with Gasteiger partial charge < -0.3 is 5.32 Å². The van der Waals surface area contributed by atoms with E-state index >= 15 is 0 Å². The lowest BCUT2D eigenvalue weighted by atomic mass is 10.0. The van der Waals surface area contributed by atoms with Crippen molar-refractivity contribution in [2.75, 3.05) is 18.9 Å². The third-order valence-electron chi connectivity index (χ3n) is 4.67. The van der Waals surface area contributed by atoms with Gasteiger partial charge in [-0.1, -0.05) is 30.3 Å². The van der Waals surface area contributed by atoms with E-state index in [0.29, 0.717) is 0 Å². The largest absolute Gasteiger partial charge is 0.433 e. The normalized spacial score (nSPS) is 21.4. The van der Waals surface area contributed by atoms with Gasteiger partial charge >= 0.3 is 6.18 Å². The lowest BCUT2D eigenvalue weighted by Crippen LogP contribution is -2.30. The summed E-state index contributed by atoms with van der Waals surface area (Å²) in [6.45, 7) is 0.842. The fourth-order valence-electron chi connectivity index (χ4n) is 3.49. The van der Waals surface area contributed by atoms with Crippen LogP contribution in [0.3, 0.4) is 0 Å². The third-order valence-corrected chi connectivity index (χ3v) is 4.67. The summed E-state index contributed by atoms with van der Waals surface area (Å²) in [6, 6.07) is 10.9. The van der Waals surface area contributed by atoms with Gasteiger partial charge in [0.15, 0.2) is 5.69 Å². The Morgan fingerprint density at radius 1 is 1.19 bits per heavy atom. The first kappa shape index (κ1) is 16.8. The van der Waals surface area contributed by atoms with E-state index in [1.165, 1.54) is 10.8 Å². The molecule has 1 saturated heterocycles. The molecule has 0 saturated carbocycles. The van der Waals surface area contributed by atoms with E-state index in [1.807, 2.05) is 37.4 Å². The van der Waals surface area contributed by atoms with Crippen LogP contribution in [0.25, 0.3) is 5.78 Å². The molecule has 2 atom stereocenters. The summed E-state index contributed by atoms with van der Waals surface area (Å²) < 4.78 is 40.8. The van der Waals surface area contributed by atoms with Gasteiger partial charge in [-0.25, -0.2) is 4.98 Å². The molecule has 1 aliphatic heterocycles. The Kier molecular flexibility index (Phi) is 4.03. The molecule has 9 heteroatoms. The molecule has 1 N–H and O–H groups in total. The van der Waals surface area contributed by atoms with Crippen molar-refractivity contribution < 1.29 is 13.2 Å². The first-order chi connectivity index (χ1) is 12.4. The lowest BCUT2D eigenvalue weighted by molar-refractivity contribution is -0.141. The minimum atomic E-state index is -4.55. The molecule has 1 aromatic carbocycles. The highest BCUT2D eigenvalue weighted by molar-refractivity contribution is 5.47. The van der Waals surface area contributed by atoms with E-state index in [1.54, 1.807) is 0 Å². The molecular weight excluding hydrogens is 345 g/mol. The Balaban J connectivity index is 1.71. The Morgan fingerprint density at radius 2 is 1.96 bits per heavy atom. The quantitative estimate of drug-likeness (QED) is 0.776. The number of benzene rings is 1. The van der Waals surface area contributed by atoms with E-state index in [9.17, 15) is 13.2 Å². The summed E-state index contributed by atoms with van der Waals surface area (Å²) in [5.74, 6) is 0.158. The molecule has 0 bridgehead atoms. The summed E-state index contributed by atoms with van der Waals surface area (Å²) in [7, 11) is 2.01. The number of hydrogen-bond acceptors (Lipinski definition) is 5. The predicted octanol–water partition coefficient (Wildman–Crippen LogP) is 3.00. The summed E-state index contributed by atoms with van der Waals surface area (Å²) in [5, 5.41) is 7.24. The van der Waals surface area contributed by atoms with E-state index in [4.69, 9.17) is 0 Å². The fraction of sp³-hybridized carbons (Fsp3) is 0.353. The van der Waals surface area contributed by atoms with Crippen LogP contribution in [0, 0.1) is 0 Å². The maximum Gasteiger partial charge on any atom is 0.433 e. The first-order valence-corrected chi connectivity index (χ1v) is 8.23. The number of aromatic nitrogens is 4. The molecule has 6 nitrogen and oxygen atoms in total. The van der Waals surface area contributed by atoms with E-state index in [0.717, 1.165) is 24.6 Å². The SMILES string of the molecule is CN1CC[C@H](Nc2cc(C(F)(F)F)nc3ncnn23)[C@@H]1c1ccccc1. The smallest absolute Gasteiger partial charge is 0.365 e. The average molecular weight is 362 g/mol. The number of hydrogen-bond donors (Lipinski definition) is 1. The molecule has 0 unspecified atom stereocenters. The summed E-state index contributed by atoms with van der Waals surface area (Å²) in [6.07, 6.45) is -2.55. The third kappa shape index (κ3) is 2.98. The van der Waals surface area contributed by atoms with Crippen LogP contribution in [0.5, 0.6) is 0 Å². The predicted molar refractivity (Wildman–Crippen MR) is 89.6 cm³/mol. The topological polar surface area (TPSA) is 58.3 Å². The highest BCUT2D eigenvalue weighted by atomic mass is 19.4. The van der Waals surface area contributed by atoms with Gasteiger partial charge in [0.2, 0.25) is 0 Å². The Bertz CT molecular complexity index is 908. The van der Waals surface area contributed by atoms with Crippen molar-refractivity contribution in [3.63, 3.8) is 0 Å². The maximum atomic E-state index is 13.2. The van der Waals surface area contributed by atoms with Crippen LogP contribution in [0.15, 0.2) is 42.7 Å². The second-order valence-electron chi connectivity index (χ2n) is 6.37. The average Bonchev–Trinajstić information content (AvgIpc) is 3.21. The molecular formula is C17H17F3N6. The number of halogens is 3. The molecule has 0 spiro atoms. The van der Waals surface area contributed by atoms with Gasteiger partial charge in [0.05, 0.1) is 6.04 Å². The van der Waals surface area contributed by atoms with Crippen LogP contribution < -0.4 is 5.32 Å². The standard InChI is InChI=1S/C17H17F3N6/c1-25-8-7-12(15(25)11-5-3-2-4-6-11)23-14-9-13(17(18,19)20)24-16-21-10-22-26(14)16/h2-6,9-10,12,15,23H,7-8H2,1H3/t12-,15-/m0/s1. The van der Waals surface area contributed by atoms with Gasteiger partial charge in [-0.05, 0) is 19.0 Å². The van der Waals surface area contributed by atoms with Crippen LogP contribution >= 0.6 is 0 Å². The van der Waals surface area contributed by atoms with Gasteiger partial charge in [0, 0.05) is 18.7 Å². The summed E-state index contributed by atoms with van der Waals surface area (Å²) in [4.78, 5) is 9.55.